The van der Waals surface area contributed by atoms with Crippen molar-refractivity contribution in [2.45, 2.75) is 33.1 Å². The van der Waals surface area contributed by atoms with E-state index < -0.39 is 0 Å². The molecule has 2 aromatic carbocycles. The quantitative estimate of drug-likeness (QED) is 0.530. The molecule has 0 atom stereocenters. The zero-order valence-corrected chi connectivity index (χ0v) is 17.2. The fourth-order valence-corrected chi connectivity index (χ4v) is 3.22. The van der Waals surface area contributed by atoms with E-state index in [1.54, 1.807) is 35.0 Å². The Morgan fingerprint density at radius 3 is 2.34 bits per heavy atom. The lowest BCUT2D eigenvalue weighted by molar-refractivity contribution is -0.115. The van der Waals surface area contributed by atoms with Crippen LogP contribution < -0.4 is 5.32 Å². The minimum Gasteiger partial charge on any atom is -0.392 e. The zero-order chi connectivity index (χ0) is 21.0. The summed E-state index contributed by atoms with van der Waals surface area (Å²) < 4.78 is 1.69. The Hall–Kier alpha value is -2.45. The van der Waals surface area contributed by atoms with Gasteiger partial charge >= 0.3 is 0 Å². The van der Waals surface area contributed by atoms with Gasteiger partial charge in [0.15, 0.2) is 0 Å². The first kappa shape index (κ1) is 21.3. The number of nitrogens with zero attached hydrogens (tertiary/aromatic N) is 3. The SMILES string of the molecule is Cc1c(CC(=O)Nc2cc(CO)cc(CO)c2)nnn1Cc1ccc(Cl)c(Cl)c1. The Bertz CT molecular complexity index is 1010. The topological polar surface area (TPSA) is 100 Å². The van der Waals surface area contributed by atoms with Crippen LogP contribution in [0.5, 0.6) is 0 Å². The molecule has 0 saturated carbocycles. The lowest BCUT2D eigenvalue weighted by Gasteiger charge is -2.09. The van der Waals surface area contributed by atoms with Gasteiger partial charge in [-0.3, -0.25) is 4.79 Å². The second kappa shape index (κ2) is 9.37. The molecule has 0 aliphatic rings. The zero-order valence-electron chi connectivity index (χ0n) is 15.7. The predicted octanol–water partition coefficient (Wildman–Crippen LogP) is 3.11. The maximum atomic E-state index is 12.4. The Morgan fingerprint density at radius 1 is 1.03 bits per heavy atom. The number of aromatic nitrogens is 3. The van der Waals surface area contributed by atoms with Crippen LogP contribution in [0, 0.1) is 6.92 Å². The second-order valence-electron chi connectivity index (χ2n) is 6.61. The van der Waals surface area contributed by atoms with Crippen molar-refractivity contribution in [3.63, 3.8) is 0 Å². The Morgan fingerprint density at radius 2 is 1.72 bits per heavy atom. The molecule has 1 amide bonds. The number of carbonyl (C=O) groups is 1. The van der Waals surface area contributed by atoms with Crippen molar-refractivity contribution in [3.8, 4) is 0 Å². The third kappa shape index (κ3) is 5.33. The van der Waals surface area contributed by atoms with Crippen molar-refractivity contribution in [1.29, 1.82) is 0 Å². The van der Waals surface area contributed by atoms with Gasteiger partial charge in [-0.25, -0.2) is 4.68 Å². The minimum absolute atomic E-state index is 0.0466. The average molecular weight is 435 g/mol. The molecule has 0 spiro atoms. The number of carbonyl (C=O) groups excluding carboxylic acids is 1. The van der Waals surface area contributed by atoms with Crippen LogP contribution >= 0.6 is 23.2 Å². The summed E-state index contributed by atoms with van der Waals surface area (Å²) in [6.45, 7) is 1.93. The highest BCUT2D eigenvalue weighted by Gasteiger charge is 2.14. The molecule has 1 heterocycles. The van der Waals surface area contributed by atoms with Crippen LogP contribution in [0.3, 0.4) is 0 Å². The lowest BCUT2D eigenvalue weighted by atomic mass is 10.1. The van der Waals surface area contributed by atoms with E-state index in [0.717, 1.165) is 11.3 Å². The first-order valence-electron chi connectivity index (χ1n) is 8.87. The van der Waals surface area contributed by atoms with Gasteiger partial charge in [-0.1, -0.05) is 40.5 Å². The van der Waals surface area contributed by atoms with Crippen LogP contribution in [0.2, 0.25) is 10.0 Å². The normalized spacial score (nSPS) is 10.9. The van der Waals surface area contributed by atoms with E-state index in [1.165, 1.54) is 0 Å². The molecule has 3 N–H and O–H groups in total. The number of amides is 1. The standard InChI is InChI=1S/C20H20Cl2N4O3/c1-12-19(24-25-26(12)9-13-2-3-17(21)18(22)7-13)8-20(29)23-16-5-14(10-27)4-15(6-16)11-28/h2-7,27-28H,8-11H2,1H3,(H,23,29). The fourth-order valence-electron chi connectivity index (χ4n) is 2.90. The molecule has 7 nitrogen and oxygen atoms in total. The van der Waals surface area contributed by atoms with E-state index in [2.05, 4.69) is 15.6 Å². The number of aliphatic hydroxyl groups excluding tert-OH is 2. The molecule has 0 aliphatic carbocycles. The summed E-state index contributed by atoms with van der Waals surface area (Å²) in [7, 11) is 0. The molecule has 0 saturated heterocycles. The second-order valence-corrected chi connectivity index (χ2v) is 7.42. The van der Waals surface area contributed by atoms with Crippen molar-refractivity contribution in [2.75, 3.05) is 5.32 Å². The summed E-state index contributed by atoms with van der Waals surface area (Å²) in [5, 5.41) is 30.6. The van der Waals surface area contributed by atoms with Crippen LogP contribution in [-0.4, -0.2) is 31.1 Å². The Balaban J connectivity index is 1.69. The molecule has 0 aliphatic heterocycles. The van der Waals surface area contributed by atoms with Crippen molar-refractivity contribution in [2.24, 2.45) is 0 Å². The highest BCUT2D eigenvalue weighted by molar-refractivity contribution is 6.42. The first-order chi connectivity index (χ1) is 13.9. The van der Waals surface area contributed by atoms with Gasteiger partial charge in [0.1, 0.15) is 0 Å². The van der Waals surface area contributed by atoms with E-state index in [0.29, 0.717) is 39.1 Å². The third-order valence-corrected chi connectivity index (χ3v) is 5.16. The van der Waals surface area contributed by atoms with Gasteiger partial charge in [0, 0.05) is 5.69 Å². The lowest BCUT2D eigenvalue weighted by Crippen LogP contribution is -2.16. The van der Waals surface area contributed by atoms with Crippen molar-refractivity contribution < 1.29 is 15.0 Å². The monoisotopic (exact) mass is 434 g/mol. The molecule has 1 aromatic heterocycles. The minimum atomic E-state index is -0.270. The maximum absolute atomic E-state index is 12.4. The molecule has 152 valence electrons. The largest absolute Gasteiger partial charge is 0.392 e. The Labute approximate surface area is 177 Å². The molecular weight excluding hydrogens is 415 g/mol. The van der Waals surface area contributed by atoms with Crippen LogP contribution in [0.4, 0.5) is 5.69 Å². The number of hydrogen-bond donors (Lipinski definition) is 3. The molecule has 3 aromatic rings. The fraction of sp³-hybridized carbons (Fsp3) is 0.250. The molecule has 29 heavy (non-hydrogen) atoms. The average Bonchev–Trinajstić information content (AvgIpc) is 3.03. The van der Waals surface area contributed by atoms with Crippen molar-refractivity contribution in [1.82, 2.24) is 15.0 Å². The number of nitrogens with one attached hydrogen (secondary N) is 1. The van der Waals surface area contributed by atoms with E-state index in [4.69, 9.17) is 23.2 Å². The molecular formula is C20H20Cl2N4O3. The van der Waals surface area contributed by atoms with E-state index >= 15 is 0 Å². The summed E-state index contributed by atoms with van der Waals surface area (Å²) in [6.07, 6.45) is 0.0466. The number of rotatable bonds is 7. The predicted molar refractivity (Wildman–Crippen MR) is 111 cm³/mol. The molecule has 0 fully saturated rings. The smallest absolute Gasteiger partial charge is 0.230 e. The molecule has 0 unspecified atom stereocenters. The maximum Gasteiger partial charge on any atom is 0.230 e. The van der Waals surface area contributed by atoms with Gasteiger partial charge in [0.05, 0.1) is 47.6 Å². The summed E-state index contributed by atoms with van der Waals surface area (Å²) in [4.78, 5) is 12.4. The van der Waals surface area contributed by atoms with Crippen molar-refractivity contribution in [3.05, 3.63) is 74.5 Å². The number of benzene rings is 2. The van der Waals surface area contributed by atoms with Gasteiger partial charge in [0.25, 0.3) is 0 Å². The summed E-state index contributed by atoms with van der Waals surface area (Å²) >= 11 is 12.0. The van der Waals surface area contributed by atoms with Crippen LogP contribution in [-0.2, 0) is 31.0 Å². The number of hydrogen-bond acceptors (Lipinski definition) is 5. The van der Waals surface area contributed by atoms with Gasteiger partial charge in [-0.2, -0.15) is 0 Å². The third-order valence-electron chi connectivity index (χ3n) is 4.42. The highest BCUT2D eigenvalue weighted by atomic mass is 35.5. The van der Waals surface area contributed by atoms with E-state index in [1.807, 2.05) is 13.0 Å². The first-order valence-corrected chi connectivity index (χ1v) is 9.62. The molecule has 0 bridgehead atoms. The van der Waals surface area contributed by atoms with Gasteiger partial charge in [0.2, 0.25) is 5.91 Å². The summed E-state index contributed by atoms with van der Waals surface area (Å²) in [6, 6.07) is 10.3. The van der Waals surface area contributed by atoms with Crippen LogP contribution in [0.25, 0.3) is 0 Å². The Kier molecular flexibility index (Phi) is 6.87. The number of aliphatic hydroxyl groups is 2. The number of anilines is 1. The van der Waals surface area contributed by atoms with Crippen LogP contribution in [0.1, 0.15) is 28.1 Å². The molecule has 0 radical (unpaired) electrons. The molecule has 9 heteroatoms. The van der Waals surface area contributed by atoms with Crippen LogP contribution in [0.15, 0.2) is 36.4 Å². The van der Waals surface area contributed by atoms with E-state index in [9.17, 15) is 15.0 Å². The van der Waals surface area contributed by atoms with Gasteiger partial charge in [-0.05, 0) is 47.9 Å². The summed E-state index contributed by atoms with van der Waals surface area (Å²) in [5.74, 6) is -0.270. The van der Waals surface area contributed by atoms with E-state index in [-0.39, 0.29) is 25.5 Å². The van der Waals surface area contributed by atoms with Crippen molar-refractivity contribution >= 4 is 34.8 Å². The number of halogens is 2. The molecule has 3 rings (SSSR count). The van der Waals surface area contributed by atoms with Gasteiger partial charge < -0.3 is 15.5 Å². The highest BCUT2D eigenvalue weighted by Crippen LogP contribution is 2.23. The summed E-state index contributed by atoms with van der Waals surface area (Å²) in [5.41, 5.74) is 3.97. The van der Waals surface area contributed by atoms with Gasteiger partial charge in [-0.15, -0.1) is 5.10 Å².